The summed E-state index contributed by atoms with van der Waals surface area (Å²) in [7, 11) is 0. The lowest BCUT2D eigenvalue weighted by Crippen LogP contribution is -2.48. The van der Waals surface area contributed by atoms with Crippen molar-refractivity contribution >= 4 is 17.9 Å². The molecule has 0 saturated carbocycles. The fraction of sp³-hybridized carbons (Fsp3) is 0.529. The minimum atomic E-state index is -0.699. The molecule has 2 amide bonds. The summed E-state index contributed by atoms with van der Waals surface area (Å²) in [5, 5.41) is 1.13. The Bertz CT molecular complexity index is 582. The van der Waals surface area contributed by atoms with E-state index in [-0.39, 0.29) is 13.2 Å². The number of rotatable bonds is 3. The van der Waals surface area contributed by atoms with Crippen LogP contribution >= 0.6 is 0 Å². The Morgan fingerprint density at radius 3 is 1.70 bits per heavy atom. The molecule has 1 N–H and O–H groups in total. The molecule has 23 heavy (non-hydrogen) atoms. The van der Waals surface area contributed by atoms with Crippen molar-refractivity contribution in [1.82, 2.24) is 5.43 Å². The van der Waals surface area contributed by atoms with Crippen molar-refractivity contribution in [2.45, 2.75) is 48.5 Å². The highest BCUT2D eigenvalue weighted by Gasteiger charge is 2.26. The predicted octanol–water partition coefficient (Wildman–Crippen LogP) is 3.85. The van der Waals surface area contributed by atoms with Crippen LogP contribution in [0.4, 0.5) is 15.3 Å². The third-order valence-electron chi connectivity index (χ3n) is 4.11. The van der Waals surface area contributed by atoms with E-state index in [9.17, 15) is 9.59 Å². The Kier molecular flexibility index (Phi) is 6.42. The number of amides is 2. The van der Waals surface area contributed by atoms with E-state index >= 15 is 0 Å². The Morgan fingerprint density at radius 1 is 0.826 bits per heavy atom. The molecular weight excluding hydrogens is 296 g/mol. The predicted molar refractivity (Wildman–Crippen MR) is 89.8 cm³/mol. The largest absolute Gasteiger partial charge is 0.449 e. The number of anilines is 1. The van der Waals surface area contributed by atoms with Crippen molar-refractivity contribution in [3.8, 4) is 0 Å². The van der Waals surface area contributed by atoms with Gasteiger partial charge in [-0.15, -0.1) is 0 Å². The van der Waals surface area contributed by atoms with Gasteiger partial charge in [0.15, 0.2) is 0 Å². The maximum absolute atomic E-state index is 12.3. The van der Waals surface area contributed by atoms with Crippen molar-refractivity contribution in [3.63, 3.8) is 0 Å². The Hall–Kier alpha value is -2.24. The van der Waals surface area contributed by atoms with Crippen molar-refractivity contribution in [1.29, 1.82) is 0 Å². The maximum Gasteiger partial charge on any atom is 0.433 e. The first kappa shape index (κ1) is 18.8. The van der Waals surface area contributed by atoms with Crippen LogP contribution < -0.4 is 10.4 Å². The number of nitrogens with zero attached hydrogens (tertiary/aromatic N) is 1. The Morgan fingerprint density at radius 2 is 1.26 bits per heavy atom. The zero-order valence-corrected chi connectivity index (χ0v) is 15.0. The molecule has 0 aliphatic carbocycles. The van der Waals surface area contributed by atoms with Gasteiger partial charge in [-0.05, 0) is 76.3 Å². The van der Waals surface area contributed by atoms with Gasteiger partial charge in [-0.25, -0.2) is 15.0 Å². The molecule has 1 aromatic rings. The molecular formula is C17H26N2O4. The molecule has 0 unspecified atom stereocenters. The summed E-state index contributed by atoms with van der Waals surface area (Å²) in [6.07, 6.45) is -1.34. The van der Waals surface area contributed by atoms with Gasteiger partial charge in [0.05, 0.1) is 18.9 Å². The van der Waals surface area contributed by atoms with E-state index in [2.05, 4.69) is 5.43 Å². The van der Waals surface area contributed by atoms with Crippen molar-refractivity contribution < 1.29 is 19.1 Å². The van der Waals surface area contributed by atoms with E-state index < -0.39 is 12.2 Å². The molecule has 0 atom stereocenters. The second kappa shape index (κ2) is 7.85. The zero-order valence-electron chi connectivity index (χ0n) is 15.0. The molecule has 0 heterocycles. The third kappa shape index (κ3) is 3.94. The number of carbonyl (C=O) groups excluding carboxylic acids is 2. The van der Waals surface area contributed by atoms with E-state index in [1.807, 2.05) is 34.6 Å². The molecule has 0 saturated heterocycles. The molecule has 6 nitrogen and oxygen atoms in total. The summed E-state index contributed by atoms with van der Waals surface area (Å²) in [4.78, 5) is 24.1. The van der Waals surface area contributed by atoms with Crippen molar-refractivity contribution in [3.05, 3.63) is 27.8 Å². The van der Waals surface area contributed by atoms with Crippen LogP contribution in [0.5, 0.6) is 0 Å². The summed E-state index contributed by atoms with van der Waals surface area (Å²) >= 11 is 0. The molecule has 0 fully saturated rings. The highest BCUT2D eigenvalue weighted by atomic mass is 16.6. The van der Waals surface area contributed by atoms with Gasteiger partial charge in [0.2, 0.25) is 0 Å². The van der Waals surface area contributed by atoms with Crippen LogP contribution in [0, 0.1) is 34.6 Å². The number of hydrogen-bond acceptors (Lipinski definition) is 4. The summed E-state index contributed by atoms with van der Waals surface area (Å²) in [6, 6.07) is 0. The van der Waals surface area contributed by atoms with Gasteiger partial charge in [0, 0.05) is 0 Å². The first-order chi connectivity index (χ1) is 10.8. The number of nitrogens with one attached hydrogen (secondary N) is 1. The normalized spacial score (nSPS) is 10.2. The molecule has 0 aliphatic rings. The third-order valence-corrected chi connectivity index (χ3v) is 4.11. The fourth-order valence-electron chi connectivity index (χ4n) is 2.45. The number of carbonyl (C=O) groups is 2. The SMILES string of the molecule is CCOC(=O)NN(C(=O)OCC)c1c(C)c(C)c(C)c(C)c1C. The smallest absolute Gasteiger partial charge is 0.433 e. The van der Waals surface area contributed by atoms with Crippen LogP contribution in [0.1, 0.15) is 41.7 Å². The van der Waals surface area contributed by atoms with Crippen LogP contribution in [-0.2, 0) is 9.47 Å². The monoisotopic (exact) mass is 322 g/mol. The van der Waals surface area contributed by atoms with Gasteiger partial charge in [-0.2, -0.15) is 5.01 Å². The second-order valence-electron chi connectivity index (χ2n) is 5.34. The van der Waals surface area contributed by atoms with Crippen LogP contribution in [-0.4, -0.2) is 25.4 Å². The highest BCUT2D eigenvalue weighted by Crippen LogP contribution is 2.32. The minimum Gasteiger partial charge on any atom is -0.449 e. The average molecular weight is 322 g/mol. The molecule has 0 bridgehead atoms. The first-order valence-electron chi connectivity index (χ1n) is 7.73. The first-order valence-corrected chi connectivity index (χ1v) is 7.73. The summed E-state index contributed by atoms with van der Waals surface area (Å²) in [6.45, 7) is 13.7. The number of hydrogen-bond donors (Lipinski definition) is 1. The van der Waals surface area contributed by atoms with Crippen LogP contribution in [0.2, 0.25) is 0 Å². The molecule has 1 aromatic carbocycles. The topological polar surface area (TPSA) is 67.9 Å². The van der Waals surface area contributed by atoms with Crippen LogP contribution in [0.25, 0.3) is 0 Å². The molecule has 1 rings (SSSR count). The second-order valence-corrected chi connectivity index (χ2v) is 5.34. The maximum atomic E-state index is 12.3. The molecule has 128 valence electrons. The van der Waals surface area contributed by atoms with E-state index in [4.69, 9.17) is 9.47 Å². The number of hydrazine groups is 1. The minimum absolute atomic E-state index is 0.210. The lowest BCUT2D eigenvalue weighted by Gasteiger charge is -2.28. The quantitative estimate of drug-likeness (QED) is 0.858. The van der Waals surface area contributed by atoms with E-state index in [0.717, 1.165) is 27.3 Å². The van der Waals surface area contributed by atoms with Gasteiger partial charge in [-0.3, -0.25) is 0 Å². The number of benzene rings is 1. The fourth-order valence-corrected chi connectivity index (χ4v) is 2.45. The van der Waals surface area contributed by atoms with Crippen molar-refractivity contribution in [2.75, 3.05) is 18.2 Å². The molecule has 6 heteroatoms. The van der Waals surface area contributed by atoms with Crippen LogP contribution in [0.15, 0.2) is 0 Å². The van der Waals surface area contributed by atoms with Gasteiger partial charge in [0.1, 0.15) is 0 Å². The van der Waals surface area contributed by atoms with Gasteiger partial charge in [-0.1, -0.05) is 0 Å². The average Bonchev–Trinajstić information content (AvgIpc) is 2.50. The summed E-state index contributed by atoms with van der Waals surface area (Å²) in [5.41, 5.74) is 8.23. The molecule has 0 aliphatic heterocycles. The molecule has 0 radical (unpaired) electrons. The number of ether oxygens (including phenoxy) is 2. The lowest BCUT2D eigenvalue weighted by atomic mass is 9.93. The van der Waals surface area contributed by atoms with E-state index in [0.29, 0.717) is 5.69 Å². The van der Waals surface area contributed by atoms with Gasteiger partial charge < -0.3 is 9.47 Å². The Labute approximate surface area is 137 Å². The van der Waals surface area contributed by atoms with E-state index in [1.165, 1.54) is 5.56 Å². The molecule has 0 spiro atoms. The van der Waals surface area contributed by atoms with Gasteiger partial charge in [0.25, 0.3) is 0 Å². The summed E-state index contributed by atoms with van der Waals surface area (Å²) < 4.78 is 9.96. The van der Waals surface area contributed by atoms with Crippen LogP contribution in [0.3, 0.4) is 0 Å². The lowest BCUT2D eigenvalue weighted by molar-refractivity contribution is 0.138. The van der Waals surface area contributed by atoms with Gasteiger partial charge >= 0.3 is 12.2 Å². The standard InChI is InChI=1S/C17H26N2O4/c1-8-22-16(20)18-19(17(21)23-9-2)15-13(6)11(4)10(3)12(5)14(15)7/h8-9H2,1-7H3,(H,18,20). The zero-order chi connectivity index (χ0) is 17.7. The highest BCUT2D eigenvalue weighted by molar-refractivity contribution is 5.93. The molecule has 0 aromatic heterocycles. The van der Waals surface area contributed by atoms with Crippen molar-refractivity contribution in [2.24, 2.45) is 0 Å². The van der Waals surface area contributed by atoms with E-state index in [1.54, 1.807) is 13.8 Å². The summed E-state index contributed by atoms with van der Waals surface area (Å²) in [5.74, 6) is 0. The Balaban J connectivity index is 3.42.